The molecular weight excluding hydrogens is 222 g/mol. The second-order valence-corrected chi connectivity index (χ2v) is 3.09. The number of phenolic OH excluding ortho intramolecular Hbond substituents is 1. The minimum atomic E-state index is 0.0976. The van der Waals surface area contributed by atoms with Gasteiger partial charge in [0.1, 0.15) is 0 Å². The highest BCUT2D eigenvalue weighted by Gasteiger charge is 2.08. The van der Waals surface area contributed by atoms with Crippen molar-refractivity contribution in [1.29, 1.82) is 0 Å². The Balaban J connectivity index is 3.20. The average Bonchev–Trinajstić information content (AvgIpc) is 2.10. The molecule has 0 aromatic heterocycles. The van der Waals surface area contributed by atoms with E-state index in [0.29, 0.717) is 16.8 Å². The Morgan fingerprint density at radius 1 is 1.58 bits per heavy atom. The van der Waals surface area contributed by atoms with Gasteiger partial charge in [0.25, 0.3) is 0 Å². The van der Waals surface area contributed by atoms with E-state index >= 15 is 0 Å². The molecule has 3 nitrogen and oxygen atoms in total. The zero-order valence-electron chi connectivity index (χ0n) is 6.67. The van der Waals surface area contributed by atoms with E-state index in [2.05, 4.69) is 15.9 Å². The van der Waals surface area contributed by atoms with Crippen molar-refractivity contribution >= 4 is 15.9 Å². The standard InChI is InChI=1S/C8H10BrNO2/c1-12-6-3-2-5(4-10)7(9)8(6)11/h2-3,11H,4,10H2,1H3. The van der Waals surface area contributed by atoms with Gasteiger partial charge >= 0.3 is 0 Å². The summed E-state index contributed by atoms with van der Waals surface area (Å²) in [5.74, 6) is 0.541. The fourth-order valence-corrected chi connectivity index (χ4v) is 1.40. The van der Waals surface area contributed by atoms with Crippen LogP contribution >= 0.6 is 15.9 Å². The van der Waals surface area contributed by atoms with Crippen LogP contribution in [-0.2, 0) is 6.54 Å². The van der Waals surface area contributed by atoms with Crippen LogP contribution in [0.25, 0.3) is 0 Å². The Kier molecular flexibility index (Phi) is 2.94. The van der Waals surface area contributed by atoms with Crippen LogP contribution in [0.1, 0.15) is 5.56 Å². The molecule has 1 rings (SSSR count). The summed E-state index contributed by atoms with van der Waals surface area (Å²) in [6.45, 7) is 0.387. The summed E-state index contributed by atoms with van der Waals surface area (Å²) < 4.78 is 5.51. The predicted molar refractivity (Wildman–Crippen MR) is 50.3 cm³/mol. The van der Waals surface area contributed by atoms with Gasteiger partial charge < -0.3 is 15.6 Å². The number of hydrogen-bond acceptors (Lipinski definition) is 3. The summed E-state index contributed by atoms with van der Waals surface area (Å²) >= 11 is 3.22. The topological polar surface area (TPSA) is 55.5 Å². The zero-order valence-corrected chi connectivity index (χ0v) is 8.26. The molecule has 4 heteroatoms. The lowest BCUT2D eigenvalue weighted by Gasteiger charge is -2.07. The monoisotopic (exact) mass is 231 g/mol. The third-order valence-electron chi connectivity index (χ3n) is 1.60. The van der Waals surface area contributed by atoms with Gasteiger partial charge in [-0.05, 0) is 27.6 Å². The lowest BCUT2D eigenvalue weighted by atomic mass is 10.2. The first-order chi connectivity index (χ1) is 5.70. The van der Waals surface area contributed by atoms with Crippen LogP contribution in [0.4, 0.5) is 0 Å². The first kappa shape index (κ1) is 9.35. The molecule has 0 amide bonds. The molecule has 0 spiro atoms. The summed E-state index contributed by atoms with van der Waals surface area (Å²) in [4.78, 5) is 0. The molecule has 0 saturated heterocycles. The molecule has 66 valence electrons. The quantitative estimate of drug-likeness (QED) is 0.814. The SMILES string of the molecule is COc1ccc(CN)c(Br)c1O. The number of methoxy groups -OCH3 is 1. The van der Waals surface area contributed by atoms with Gasteiger partial charge in [-0.15, -0.1) is 0 Å². The molecule has 0 saturated carbocycles. The number of halogens is 1. The Bertz CT molecular complexity index is 260. The lowest BCUT2D eigenvalue weighted by molar-refractivity contribution is 0.371. The Morgan fingerprint density at radius 2 is 2.25 bits per heavy atom. The van der Waals surface area contributed by atoms with Gasteiger partial charge in [-0.2, -0.15) is 0 Å². The minimum Gasteiger partial charge on any atom is -0.503 e. The number of nitrogens with two attached hydrogens (primary N) is 1. The van der Waals surface area contributed by atoms with Crippen LogP contribution in [0.5, 0.6) is 11.5 Å². The number of benzene rings is 1. The third-order valence-corrected chi connectivity index (χ3v) is 2.48. The molecule has 1 aromatic carbocycles. The van der Waals surface area contributed by atoms with Gasteiger partial charge in [-0.1, -0.05) is 6.07 Å². The zero-order chi connectivity index (χ0) is 9.14. The highest BCUT2D eigenvalue weighted by molar-refractivity contribution is 9.10. The van der Waals surface area contributed by atoms with Crippen LogP contribution < -0.4 is 10.5 Å². The maximum Gasteiger partial charge on any atom is 0.172 e. The first-order valence-corrected chi connectivity index (χ1v) is 4.24. The molecule has 0 aliphatic rings. The first-order valence-electron chi connectivity index (χ1n) is 3.45. The summed E-state index contributed by atoms with van der Waals surface area (Å²) in [6.07, 6.45) is 0. The maximum absolute atomic E-state index is 9.48. The van der Waals surface area contributed by atoms with Crippen molar-refractivity contribution < 1.29 is 9.84 Å². The summed E-state index contributed by atoms with van der Waals surface area (Å²) in [5.41, 5.74) is 6.28. The average molecular weight is 232 g/mol. The normalized spacial score (nSPS) is 9.92. The van der Waals surface area contributed by atoms with Crippen molar-refractivity contribution in [3.05, 3.63) is 22.2 Å². The second-order valence-electron chi connectivity index (χ2n) is 2.29. The fourth-order valence-electron chi connectivity index (χ4n) is 0.911. The molecule has 3 N–H and O–H groups in total. The van der Waals surface area contributed by atoms with Gasteiger partial charge in [0.2, 0.25) is 0 Å². The summed E-state index contributed by atoms with van der Waals surface area (Å²) in [6, 6.07) is 3.49. The molecular formula is C8H10BrNO2. The molecule has 0 unspecified atom stereocenters. The maximum atomic E-state index is 9.48. The van der Waals surface area contributed by atoms with E-state index in [1.165, 1.54) is 7.11 Å². The fraction of sp³-hybridized carbons (Fsp3) is 0.250. The number of rotatable bonds is 2. The molecule has 0 aliphatic heterocycles. The van der Waals surface area contributed by atoms with Crippen molar-refractivity contribution in [1.82, 2.24) is 0 Å². The van der Waals surface area contributed by atoms with Gasteiger partial charge in [0, 0.05) is 6.54 Å². The minimum absolute atomic E-state index is 0.0976. The van der Waals surface area contributed by atoms with E-state index in [-0.39, 0.29) is 5.75 Å². The molecule has 0 radical (unpaired) electrons. The van der Waals surface area contributed by atoms with Crippen LogP contribution in [0, 0.1) is 0 Å². The largest absolute Gasteiger partial charge is 0.503 e. The van der Waals surface area contributed by atoms with E-state index < -0.39 is 0 Å². The predicted octanol–water partition coefficient (Wildman–Crippen LogP) is 1.62. The number of ether oxygens (including phenoxy) is 1. The van der Waals surface area contributed by atoms with E-state index in [1.54, 1.807) is 6.07 Å². The highest BCUT2D eigenvalue weighted by Crippen LogP contribution is 2.36. The van der Waals surface area contributed by atoms with E-state index in [0.717, 1.165) is 5.56 Å². The van der Waals surface area contributed by atoms with Crippen molar-refractivity contribution in [3.63, 3.8) is 0 Å². The van der Waals surface area contributed by atoms with Gasteiger partial charge in [0.15, 0.2) is 11.5 Å². The van der Waals surface area contributed by atoms with Crippen LogP contribution in [0.3, 0.4) is 0 Å². The highest BCUT2D eigenvalue weighted by atomic mass is 79.9. The molecule has 0 aliphatic carbocycles. The Hall–Kier alpha value is -0.740. The van der Waals surface area contributed by atoms with Crippen LogP contribution in [0.15, 0.2) is 16.6 Å². The van der Waals surface area contributed by atoms with Crippen molar-refractivity contribution in [3.8, 4) is 11.5 Å². The molecule has 0 bridgehead atoms. The van der Waals surface area contributed by atoms with Gasteiger partial charge in [0.05, 0.1) is 11.6 Å². The smallest absolute Gasteiger partial charge is 0.172 e. The van der Waals surface area contributed by atoms with Crippen molar-refractivity contribution in [2.75, 3.05) is 7.11 Å². The summed E-state index contributed by atoms with van der Waals surface area (Å²) in [7, 11) is 1.50. The molecule has 0 heterocycles. The lowest BCUT2D eigenvalue weighted by Crippen LogP contribution is -1.97. The Labute approximate surface area is 79.3 Å². The molecule has 1 aromatic rings. The number of hydrogen-bond donors (Lipinski definition) is 2. The van der Waals surface area contributed by atoms with Crippen molar-refractivity contribution in [2.24, 2.45) is 5.73 Å². The van der Waals surface area contributed by atoms with Crippen molar-refractivity contribution in [2.45, 2.75) is 6.54 Å². The van der Waals surface area contributed by atoms with E-state index in [4.69, 9.17) is 10.5 Å². The van der Waals surface area contributed by atoms with E-state index in [1.807, 2.05) is 6.07 Å². The molecule has 0 atom stereocenters. The summed E-state index contributed by atoms with van der Waals surface area (Å²) in [5, 5.41) is 9.48. The van der Waals surface area contributed by atoms with Crippen LogP contribution in [0.2, 0.25) is 0 Å². The third kappa shape index (κ3) is 1.54. The van der Waals surface area contributed by atoms with Crippen LogP contribution in [-0.4, -0.2) is 12.2 Å². The van der Waals surface area contributed by atoms with Gasteiger partial charge in [-0.3, -0.25) is 0 Å². The van der Waals surface area contributed by atoms with E-state index in [9.17, 15) is 5.11 Å². The number of aromatic hydroxyl groups is 1. The Morgan fingerprint density at radius 3 is 2.75 bits per heavy atom. The molecule has 12 heavy (non-hydrogen) atoms. The second kappa shape index (κ2) is 3.78. The molecule has 0 fully saturated rings. The number of phenols is 1. The van der Waals surface area contributed by atoms with Gasteiger partial charge in [-0.25, -0.2) is 0 Å².